The molecule has 0 spiro atoms. The van der Waals surface area contributed by atoms with Crippen LogP contribution in [0.3, 0.4) is 0 Å². The van der Waals surface area contributed by atoms with Crippen LogP contribution in [0.5, 0.6) is 5.75 Å². The van der Waals surface area contributed by atoms with Gasteiger partial charge in [0.25, 0.3) is 5.91 Å². The number of azide groups is 1. The molecule has 0 radical (unpaired) electrons. The Morgan fingerprint density at radius 3 is 2.62 bits per heavy atom. The highest BCUT2D eigenvalue weighted by molar-refractivity contribution is 6.01. The molecule has 14 heteroatoms. The molecule has 2 aliphatic rings. The molecule has 2 aromatic carbocycles. The van der Waals surface area contributed by atoms with Crippen LogP contribution >= 0.6 is 0 Å². The first-order valence-electron chi connectivity index (χ1n) is 15.9. The molecular formula is C33H45N7O7. The summed E-state index contributed by atoms with van der Waals surface area (Å²) in [6, 6.07) is 14.3. The van der Waals surface area contributed by atoms with Gasteiger partial charge in [-0.3, -0.25) is 19.9 Å². The first-order chi connectivity index (χ1) is 22.6. The summed E-state index contributed by atoms with van der Waals surface area (Å²) < 4.78 is 23.2. The summed E-state index contributed by atoms with van der Waals surface area (Å²) in [5, 5.41) is 12.8. The van der Waals surface area contributed by atoms with Crippen LogP contribution in [-0.2, 0) is 30.3 Å². The van der Waals surface area contributed by atoms with Crippen molar-refractivity contribution < 1.29 is 33.6 Å². The van der Waals surface area contributed by atoms with E-state index in [0.717, 1.165) is 13.1 Å². The third-order valence-electron chi connectivity index (χ3n) is 7.66. The van der Waals surface area contributed by atoms with Crippen molar-refractivity contribution in [3.05, 3.63) is 75.7 Å². The molecule has 3 N–H and O–H groups in total. The molecule has 2 aromatic rings. The second kappa shape index (κ2) is 17.1. The molecule has 1 saturated heterocycles. The van der Waals surface area contributed by atoms with Crippen molar-refractivity contribution in [2.45, 2.75) is 63.8 Å². The summed E-state index contributed by atoms with van der Waals surface area (Å²) in [5.41, 5.74) is 14.5. The van der Waals surface area contributed by atoms with E-state index in [0.29, 0.717) is 61.8 Å². The third-order valence-corrected chi connectivity index (χ3v) is 7.66. The number of carbonyl (C=O) groups excluding carboxylic acids is 2. The van der Waals surface area contributed by atoms with Gasteiger partial charge in [0, 0.05) is 56.1 Å². The van der Waals surface area contributed by atoms with E-state index in [-0.39, 0.29) is 31.9 Å². The standard InChI is InChI=1S/C33H45N7O7/c1-32(2,3)47-28(42)13-14-33(31(43)38-35-15-16-40-17-21-44-22-18-40)29(27-8-5-4-7-25(27)23-36-39-34)46-30(37-33)24-9-11-26(12-10-24)45-20-6-19-41/h4-5,7-12,29,35,41H,6,13-23H2,1-3H3,(H,38,43)/t29-,33-/m0/s1. The van der Waals surface area contributed by atoms with Crippen LogP contribution in [0, 0.1) is 0 Å². The number of aliphatic imine (C=N–C) groups is 1. The van der Waals surface area contributed by atoms with Crippen molar-refractivity contribution in [2.24, 2.45) is 10.1 Å². The van der Waals surface area contributed by atoms with E-state index >= 15 is 0 Å². The molecule has 1 amide bonds. The van der Waals surface area contributed by atoms with Gasteiger partial charge in [-0.2, -0.15) is 0 Å². The number of aliphatic hydroxyl groups is 1. The minimum absolute atomic E-state index is 0.0226. The number of aliphatic hydroxyl groups excluding tert-OH is 1. The van der Waals surface area contributed by atoms with Gasteiger partial charge in [0.1, 0.15) is 11.4 Å². The first-order valence-corrected chi connectivity index (χ1v) is 15.9. The van der Waals surface area contributed by atoms with Crippen LogP contribution in [0.25, 0.3) is 10.4 Å². The zero-order valence-corrected chi connectivity index (χ0v) is 27.3. The number of esters is 1. The van der Waals surface area contributed by atoms with Gasteiger partial charge >= 0.3 is 5.97 Å². The van der Waals surface area contributed by atoms with Crippen molar-refractivity contribution in [3.63, 3.8) is 0 Å². The molecule has 0 saturated carbocycles. The Morgan fingerprint density at radius 2 is 1.91 bits per heavy atom. The van der Waals surface area contributed by atoms with Crippen LogP contribution in [0.1, 0.15) is 62.8 Å². The predicted octanol–water partition coefficient (Wildman–Crippen LogP) is 3.59. The highest BCUT2D eigenvalue weighted by atomic mass is 16.6. The Labute approximate surface area is 275 Å². The van der Waals surface area contributed by atoms with Crippen molar-refractivity contribution in [3.8, 4) is 5.75 Å². The smallest absolute Gasteiger partial charge is 0.306 e. The Balaban J connectivity index is 1.69. The van der Waals surface area contributed by atoms with Crippen LogP contribution in [-0.4, -0.2) is 91.5 Å². The minimum Gasteiger partial charge on any atom is -0.494 e. The second-order valence-electron chi connectivity index (χ2n) is 12.3. The maximum absolute atomic E-state index is 14.3. The van der Waals surface area contributed by atoms with Gasteiger partial charge in [0.2, 0.25) is 5.90 Å². The van der Waals surface area contributed by atoms with Gasteiger partial charge in [0.15, 0.2) is 11.6 Å². The average Bonchev–Trinajstić information content (AvgIpc) is 3.46. The summed E-state index contributed by atoms with van der Waals surface area (Å²) in [5.74, 6) is -0.136. The maximum atomic E-state index is 14.3. The van der Waals surface area contributed by atoms with E-state index in [1.807, 2.05) is 18.2 Å². The Morgan fingerprint density at radius 1 is 1.17 bits per heavy atom. The van der Waals surface area contributed by atoms with Crippen molar-refractivity contribution in [2.75, 3.05) is 52.6 Å². The number of nitrogens with one attached hydrogen (secondary N) is 2. The summed E-state index contributed by atoms with van der Waals surface area (Å²) >= 11 is 0. The number of morpholine rings is 1. The molecular weight excluding hydrogens is 606 g/mol. The SMILES string of the molecule is CC(C)(C)OC(=O)CC[C@]1(C(=O)NNCCN2CCOCC2)N=C(c2ccc(OCCCO)cc2)O[C@H]1c1ccccc1CN=[N+]=[N-]. The summed E-state index contributed by atoms with van der Waals surface area (Å²) in [6.45, 7) is 9.91. The van der Waals surface area contributed by atoms with E-state index in [4.69, 9.17) is 34.6 Å². The molecule has 2 heterocycles. The lowest BCUT2D eigenvalue weighted by Gasteiger charge is -2.32. The lowest BCUT2D eigenvalue weighted by molar-refractivity contribution is -0.155. The number of amides is 1. The normalized spacial score (nSPS) is 19.7. The molecule has 254 valence electrons. The number of carbonyl (C=O) groups is 2. The van der Waals surface area contributed by atoms with Crippen molar-refractivity contribution in [1.29, 1.82) is 0 Å². The van der Waals surface area contributed by atoms with E-state index < -0.39 is 29.1 Å². The lowest BCUT2D eigenvalue weighted by Crippen LogP contribution is -2.54. The third kappa shape index (κ3) is 10.1. The number of rotatable bonds is 16. The lowest BCUT2D eigenvalue weighted by atomic mass is 9.82. The highest BCUT2D eigenvalue weighted by Gasteiger charge is 2.54. The number of benzene rings is 2. The molecule has 4 rings (SSSR count). The zero-order chi connectivity index (χ0) is 33.7. The molecule has 14 nitrogen and oxygen atoms in total. The van der Waals surface area contributed by atoms with Gasteiger partial charge in [-0.05, 0) is 68.1 Å². The number of hydrogen-bond donors (Lipinski definition) is 3. The number of nitrogens with zero attached hydrogens (tertiary/aromatic N) is 5. The maximum Gasteiger partial charge on any atom is 0.306 e. The molecule has 1 fully saturated rings. The van der Waals surface area contributed by atoms with Crippen LogP contribution in [0.15, 0.2) is 58.6 Å². The largest absolute Gasteiger partial charge is 0.494 e. The summed E-state index contributed by atoms with van der Waals surface area (Å²) in [4.78, 5) is 37.4. The monoisotopic (exact) mass is 651 g/mol. The molecule has 0 aromatic heterocycles. The van der Waals surface area contributed by atoms with Gasteiger partial charge in [-0.15, -0.1) is 0 Å². The quantitative estimate of drug-likeness (QED) is 0.0611. The van der Waals surface area contributed by atoms with Crippen molar-refractivity contribution >= 4 is 17.8 Å². The number of ether oxygens (including phenoxy) is 4. The second-order valence-corrected chi connectivity index (χ2v) is 12.3. The van der Waals surface area contributed by atoms with Gasteiger partial charge < -0.3 is 24.1 Å². The molecule has 2 atom stereocenters. The first kappa shape index (κ1) is 35.7. The fraction of sp³-hybridized carbons (Fsp3) is 0.545. The zero-order valence-electron chi connectivity index (χ0n) is 27.3. The van der Waals surface area contributed by atoms with E-state index in [2.05, 4.69) is 25.8 Å². The van der Waals surface area contributed by atoms with Gasteiger partial charge in [0.05, 0.1) is 26.4 Å². The molecule has 2 aliphatic heterocycles. The van der Waals surface area contributed by atoms with Crippen molar-refractivity contribution in [1.82, 2.24) is 15.8 Å². The molecule has 0 unspecified atom stereocenters. The highest BCUT2D eigenvalue weighted by Crippen LogP contribution is 2.44. The molecule has 0 aliphatic carbocycles. The summed E-state index contributed by atoms with van der Waals surface area (Å²) in [6.07, 6.45) is -0.590. The fourth-order valence-corrected chi connectivity index (χ4v) is 5.36. The van der Waals surface area contributed by atoms with Crippen LogP contribution in [0.2, 0.25) is 0 Å². The average molecular weight is 652 g/mol. The Hall–Kier alpha value is -4.20. The van der Waals surface area contributed by atoms with E-state index in [1.54, 1.807) is 51.1 Å². The molecule has 47 heavy (non-hydrogen) atoms. The van der Waals surface area contributed by atoms with Gasteiger partial charge in [-0.1, -0.05) is 29.4 Å². The minimum atomic E-state index is -1.60. The van der Waals surface area contributed by atoms with Crippen LogP contribution < -0.4 is 15.6 Å². The molecule has 0 bridgehead atoms. The fourth-order valence-electron chi connectivity index (χ4n) is 5.36. The van der Waals surface area contributed by atoms with Gasteiger partial charge in [-0.25, -0.2) is 10.4 Å². The Bertz CT molecular complexity index is 1420. The number of hydrogen-bond acceptors (Lipinski definition) is 11. The summed E-state index contributed by atoms with van der Waals surface area (Å²) in [7, 11) is 0. The topological polar surface area (TPSA) is 180 Å². The van der Waals surface area contributed by atoms with Crippen LogP contribution in [0.4, 0.5) is 0 Å². The van der Waals surface area contributed by atoms with E-state index in [9.17, 15) is 9.59 Å². The predicted molar refractivity (Wildman–Crippen MR) is 175 cm³/mol. The Kier molecular flexibility index (Phi) is 13.0. The number of hydrazine groups is 1. The van der Waals surface area contributed by atoms with E-state index in [1.165, 1.54) is 0 Å².